The summed E-state index contributed by atoms with van der Waals surface area (Å²) >= 11 is 2.12. The van der Waals surface area contributed by atoms with Crippen LogP contribution in [0.4, 0.5) is 0 Å². The molecule has 0 saturated heterocycles. The summed E-state index contributed by atoms with van der Waals surface area (Å²) in [5.41, 5.74) is 1.75. The maximum absolute atomic E-state index is 10.6. The van der Waals surface area contributed by atoms with Gasteiger partial charge in [0.05, 0.1) is 6.07 Å². The molecular weight excluding hydrogens is 277 g/mol. The molecule has 0 fully saturated rings. The van der Waals surface area contributed by atoms with Crippen molar-refractivity contribution in [2.45, 2.75) is 12.8 Å². The van der Waals surface area contributed by atoms with Crippen molar-refractivity contribution >= 4 is 28.9 Å². The standard InChI is InChI=1S/C10H8INO/c11-10-4-3-8(2-1-5-12)6-9(10)7-13/h3-4,6-7H,1-2H2. The fourth-order valence-electron chi connectivity index (χ4n) is 1.04. The maximum atomic E-state index is 10.6. The first-order chi connectivity index (χ1) is 6.27. The number of carbonyl (C=O) groups is 1. The number of benzene rings is 1. The Morgan fingerprint density at radius 1 is 1.54 bits per heavy atom. The molecule has 1 aromatic carbocycles. The lowest BCUT2D eigenvalue weighted by Gasteiger charge is -2.00. The number of hydrogen-bond donors (Lipinski definition) is 0. The molecule has 13 heavy (non-hydrogen) atoms. The largest absolute Gasteiger partial charge is 0.298 e. The van der Waals surface area contributed by atoms with Gasteiger partial charge in [-0.05, 0) is 46.7 Å². The van der Waals surface area contributed by atoms with Crippen molar-refractivity contribution < 1.29 is 4.79 Å². The van der Waals surface area contributed by atoms with Crippen molar-refractivity contribution in [1.82, 2.24) is 0 Å². The molecule has 1 rings (SSSR count). The second kappa shape index (κ2) is 4.97. The highest BCUT2D eigenvalue weighted by Crippen LogP contribution is 2.13. The van der Waals surface area contributed by atoms with E-state index in [1.807, 2.05) is 18.2 Å². The Labute approximate surface area is 90.7 Å². The molecular formula is C10H8INO. The van der Waals surface area contributed by atoms with Gasteiger partial charge in [-0.15, -0.1) is 0 Å². The first-order valence-corrected chi connectivity index (χ1v) is 4.96. The van der Waals surface area contributed by atoms with Crippen LogP contribution in [-0.4, -0.2) is 6.29 Å². The molecule has 2 nitrogen and oxygen atoms in total. The zero-order chi connectivity index (χ0) is 9.68. The molecule has 0 saturated carbocycles. The summed E-state index contributed by atoms with van der Waals surface area (Å²) in [7, 11) is 0. The Bertz CT molecular complexity index is 354. The van der Waals surface area contributed by atoms with Crippen LogP contribution in [0.15, 0.2) is 18.2 Å². The number of halogens is 1. The van der Waals surface area contributed by atoms with E-state index < -0.39 is 0 Å². The van der Waals surface area contributed by atoms with Gasteiger partial charge in [0.2, 0.25) is 0 Å². The molecule has 0 amide bonds. The number of nitriles is 1. The molecule has 3 heteroatoms. The van der Waals surface area contributed by atoms with Crippen LogP contribution >= 0.6 is 22.6 Å². The van der Waals surface area contributed by atoms with Gasteiger partial charge in [0.25, 0.3) is 0 Å². The summed E-state index contributed by atoms with van der Waals surface area (Å²) in [6, 6.07) is 7.77. The lowest BCUT2D eigenvalue weighted by molar-refractivity contribution is 0.112. The number of aldehydes is 1. The van der Waals surface area contributed by atoms with Crippen molar-refractivity contribution in [3.8, 4) is 6.07 Å². The summed E-state index contributed by atoms with van der Waals surface area (Å²) in [6.07, 6.45) is 2.06. The SMILES string of the molecule is N#CCCc1ccc(I)c(C=O)c1. The van der Waals surface area contributed by atoms with E-state index in [0.29, 0.717) is 18.4 Å². The molecule has 1 aromatic rings. The molecule has 0 radical (unpaired) electrons. The molecule has 0 N–H and O–H groups in total. The number of nitrogens with zero attached hydrogens (tertiary/aromatic N) is 1. The second-order valence-electron chi connectivity index (χ2n) is 2.63. The fraction of sp³-hybridized carbons (Fsp3) is 0.200. The molecule has 0 aliphatic carbocycles. The van der Waals surface area contributed by atoms with Gasteiger partial charge in [-0.25, -0.2) is 0 Å². The minimum atomic E-state index is 0.499. The van der Waals surface area contributed by atoms with Crippen molar-refractivity contribution in [2.24, 2.45) is 0 Å². The van der Waals surface area contributed by atoms with Crippen molar-refractivity contribution in [1.29, 1.82) is 5.26 Å². The lowest BCUT2D eigenvalue weighted by Crippen LogP contribution is -1.90. The smallest absolute Gasteiger partial charge is 0.151 e. The zero-order valence-corrected chi connectivity index (χ0v) is 9.11. The van der Waals surface area contributed by atoms with Gasteiger partial charge in [0.1, 0.15) is 0 Å². The lowest BCUT2D eigenvalue weighted by atomic mass is 10.1. The predicted octanol–water partition coefficient (Wildman–Crippen LogP) is 2.56. The van der Waals surface area contributed by atoms with Crippen LogP contribution in [0.1, 0.15) is 22.3 Å². The van der Waals surface area contributed by atoms with Gasteiger partial charge < -0.3 is 0 Å². The van der Waals surface area contributed by atoms with E-state index in [9.17, 15) is 4.79 Å². The van der Waals surface area contributed by atoms with Crippen molar-refractivity contribution in [2.75, 3.05) is 0 Å². The normalized spacial score (nSPS) is 9.23. The number of rotatable bonds is 3. The topological polar surface area (TPSA) is 40.9 Å². The van der Waals surface area contributed by atoms with Crippen LogP contribution in [-0.2, 0) is 6.42 Å². The Morgan fingerprint density at radius 3 is 2.92 bits per heavy atom. The highest BCUT2D eigenvalue weighted by atomic mass is 127. The minimum absolute atomic E-state index is 0.499. The molecule has 0 aliphatic heterocycles. The molecule has 0 aromatic heterocycles. The zero-order valence-electron chi connectivity index (χ0n) is 6.96. The van der Waals surface area contributed by atoms with Crippen LogP contribution in [0.3, 0.4) is 0 Å². The Kier molecular flexibility index (Phi) is 3.90. The third-order valence-electron chi connectivity index (χ3n) is 1.71. The molecule has 66 valence electrons. The third kappa shape index (κ3) is 2.81. The highest BCUT2D eigenvalue weighted by molar-refractivity contribution is 14.1. The molecule has 0 unspecified atom stereocenters. The van der Waals surface area contributed by atoms with E-state index in [1.54, 1.807) is 0 Å². The molecule has 0 aliphatic rings. The second-order valence-corrected chi connectivity index (χ2v) is 3.79. The monoisotopic (exact) mass is 285 g/mol. The average Bonchev–Trinajstić information content (AvgIpc) is 2.16. The third-order valence-corrected chi connectivity index (χ3v) is 2.70. The van der Waals surface area contributed by atoms with E-state index in [1.165, 1.54) is 0 Å². The average molecular weight is 285 g/mol. The number of carbonyl (C=O) groups excluding carboxylic acids is 1. The first-order valence-electron chi connectivity index (χ1n) is 3.88. The summed E-state index contributed by atoms with van der Waals surface area (Å²) in [5.74, 6) is 0. The number of hydrogen-bond acceptors (Lipinski definition) is 2. The van der Waals surface area contributed by atoms with E-state index in [2.05, 4.69) is 28.7 Å². The summed E-state index contributed by atoms with van der Waals surface area (Å²) in [4.78, 5) is 10.6. The van der Waals surface area contributed by atoms with E-state index >= 15 is 0 Å². The van der Waals surface area contributed by atoms with Crippen molar-refractivity contribution in [3.63, 3.8) is 0 Å². The first kappa shape index (κ1) is 10.2. The number of aryl methyl sites for hydroxylation is 1. The Hall–Kier alpha value is -0.890. The van der Waals surface area contributed by atoms with E-state index in [4.69, 9.17) is 5.26 Å². The van der Waals surface area contributed by atoms with Crippen LogP contribution < -0.4 is 0 Å². The minimum Gasteiger partial charge on any atom is -0.298 e. The van der Waals surface area contributed by atoms with E-state index in [0.717, 1.165) is 15.4 Å². The molecule has 0 spiro atoms. The Morgan fingerprint density at radius 2 is 2.31 bits per heavy atom. The summed E-state index contributed by atoms with van der Waals surface area (Å²) < 4.78 is 0.952. The maximum Gasteiger partial charge on any atom is 0.151 e. The fourth-order valence-corrected chi connectivity index (χ4v) is 1.50. The molecule has 0 atom stereocenters. The van der Waals surface area contributed by atoms with Crippen LogP contribution in [0, 0.1) is 14.9 Å². The van der Waals surface area contributed by atoms with Gasteiger partial charge in [0, 0.05) is 15.6 Å². The Balaban J connectivity index is 2.87. The van der Waals surface area contributed by atoms with Gasteiger partial charge >= 0.3 is 0 Å². The predicted molar refractivity (Wildman–Crippen MR) is 58.5 cm³/mol. The quantitative estimate of drug-likeness (QED) is 0.632. The molecule has 0 heterocycles. The van der Waals surface area contributed by atoms with Crippen LogP contribution in [0.25, 0.3) is 0 Å². The van der Waals surface area contributed by atoms with Crippen LogP contribution in [0.5, 0.6) is 0 Å². The van der Waals surface area contributed by atoms with Gasteiger partial charge in [-0.3, -0.25) is 4.79 Å². The molecule has 0 bridgehead atoms. The van der Waals surface area contributed by atoms with E-state index in [-0.39, 0.29) is 0 Å². The van der Waals surface area contributed by atoms with Gasteiger partial charge in [-0.1, -0.05) is 6.07 Å². The van der Waals surface area contributed by atoms with Crippen LogP contribution in [0.2, 0.25) is 0 Å². The van der Waals surface area contributed by atoms with Crippen molar-refractivity contribution in [3.05, 3.63) is 32.9 Å². The van der Waals surface area contributed by atoms with Gasteiger partial charge in [-0.2, -0.15) is 5.26 Å². The highest BCUT2D eigenvalue weighted by Gasteiger charge is 1.99. The summed E-state index contributed by atoms with van der Waals surface area (Å²) in [6.45, 7) is 0. The summed E-state index contributed by atoms with van der Waals surface area (Å²) in [5, 5.41) is 8.39. The van der Waals surface area contributed by atoms with Gasteiger partial charge in [0.15, 0.2) is 6.29 Å².